The van der Waals surface area contributed by atoms with Gasteiger partial charge in [-0.15, -0.1) is 11.6 Å². The van der Waals surface area contributed by atoms with Crippen LogP contribution in [0.25, 0.3) is 0 Å². The van der Waals surface area contributed by atoms with Crippen molar-refractivity contribution in [2.75, 3.05) is 0 Å². The minimum atomic E-state index is -4.41. The molecule has 0 aliphatic carbocycles. The molecule has 2 rings (SSSR count). The van der Waals surface area contributed by atoms with Gasteiger partial charge in [0.1, 0.15) is 6.42 Å². The van der Waals surface area contributed by atoms with Gasteiger partial charge in [0.15, 0.2) is 0 Å². The molecule has 2 saturated heterocycles. The average Bonchev–Trinajstić information content (AvgIpc) is 2.36. The Morgan fingerprint density at radius 1 is 1.25 bits per heavy atom. The third-order valence-corrected chi connectivity index (χ3v) is 3.67. The van der Waals surface area contributed by atoms with Crippen LogP contribution in [0.2, 0.25) is 0 Å². The molecule has 0 saturated carbocycles. The van der Waals surface area contributed by atoms with Crippen molar-refractivity contribution in [3.63, 3.8) is 0 Å². The van der Waals surface area contributed by atoms with E-state index < -0.39 is 18.5 Å². The molecule has 0 aromatic carbocycles. The van der Waals surface area contributed by atoms with Crippen LogP contribution in [0.5, 0.6) is 0 Å². The summed E-state index contributed by atoms with van der Waals surface area (Å²) in [7, 11) is 0. The Morgan fingerprint density at radius 3 is 2.19 bits per heavy atom. The summed E-state index contributed by atoms with van der Waals surface area (Å²) >= 11 is 5.99. The summed E-state index contributed by atoms with van der Waals surface area (Å²) in [6.07, 6.45) is -2.92. The van der Waals surface area contributed by atoms with Crippen LogP contribution in [0.1, 0.15) is 32.1 Å². The minimum Gasteiger partial charge on any atom is -0.336 e. The molecule has 2 bridgehead atoms. The summed E-state index contributed by atoms with van der Waals surface area (Å²) < 4.78 is 36.4. The summed E-state index contributed by atoms with van der Waals surface area (Å²) in [6.45, 7) is 0. The Labute approximate surface area is 96.7 Å². The molecule has 2 aliphatic heterocycles. The van der Waals surface area contributed by atoms with E-state index in [1.807, 2.05) is 0 Å². The fourth-order valence-electron chi connectivity index (χ4n) is 2.78. The van der Waals surface area contributed by atoms with Gasteiger partial charge in [0, 0.05) is 17.5 Å². The number of fused-ring (bicyclic) bond motifs is 2. The molecule has 0 N–H and O–H groups in total. The standard InChI is InChI=1S/C10H13ClF3NO/c11-6-3-7-1-2-8(4-6)15(7)9(16)5-10(12,13)14/h6-8H,1-5H2. The minimum absolute atomic E-state index is 0.00689. The highest BCUT2D eigenvalue weighted by Crippen LogP contribution is 2.39. The molecule has 0 spiro atoms. The van der Waals surface area contributed by atoms with Crippen molar-refractivity contribution in [1.29, 1.82) is 0 Å². The van der Waals surface area contributed by atoms with Crippen LogP contribution in [-0.2, 0) is 4.79 Å². The first kappa shape index (κ1) is 12.0. The first-order valence-corrected chi connectivity index (χ1v) is 5.82. The zero-order valence-electron chi connectivity index (χ0n) is 8.63. The van der Waals surface area contributed by atoms with Crippen LogP contribution in [-0.4, -0.2) is 34.4 Å². The first-order chi connectivity index (χ1) is 7.37. The quantitative estimate of drug-likeness (QED) is 0.660. The number of carbonyl (C=O) groups is 1. The Morgan fingerprint density at radius 2 is 1.75 bits per heavy atom. The summed E-state index contributed by atoms with van der Waals surface area (Å²) in [6, 6.07) is -0.146. The van der Waals surface area contributed by atoms with Gasteiger partial charge in [-0.1, -0.05) is 0 Å². The van der Waals surface area contributed by atoms with E-state index in [2.05, 4.69) is 0 Å². The molecule has 0 aromatic rings. The van der Waals surface area contributed by atoms with Crippen LogP contribution in [0.15, 0.2) is 0 Å². The fraction of sp³-hybridized carbons (Fsp3) is 0.900. The Balaban J connectivity index is 2.03. The van der Waals surface area contributed by atoms with Crippen molar-refractivity contribution in [1.82, 2.24) is 4.90 Å². The van der Waals surface area contributed by atoms with Crippen LogP contribution in [0, 0.1) is 0 Å². The Bertz CT molecular complexity index is 280. The molecule has 2 aliphatic rings. The molecule has 2 atom stereocenters. The number of rotatable bonds is 1. The molecule has 16 heavy (non-hydrogen) atoms. The third kappa shape index (κ3) is 2.44. The summed E-state index contributed by atoms with van der Waals surface area (Å²) in [5.41, 5.74) is 0. The molecule has 2 heterocycles. The normalized spacial score (nSPS) is 34.2. The van der Waals surface area contributed by atoms with Gasteiger partial charge in [0.2, 0.25) is 5.91 Å². The fourth-order valence-corrected chi connectivity index (χ4v) is 3.19. The lowest BCUT2D eigenvalue weighted by Gasteiger charge is -2.37. The lowest BCUT2D eigenvalue weighted by atomic mass is 10.0. The van der Waals surface area contributed by atoms with Crippen molar-refractivity contribution in [2.24, 2.45) is 0 Å². The van der Waals surface area contributed by atoms with Gasteiger partial charge in [0.25, 0.3) is 0 Å². The average molecular weight is 256 g/mol. The molecule has 6 heteroatoms. The molecular weight excluding hydrogens is 243 g/mol. The number of carbonyl (C=O) groups excluding carboxylic acids is 1. The summed E-state index contributed by atoms with van der Waals surface area (Å²) in [5.74, 6) is -0.788. The zero-order chi connectivity index (χ0) is 11.9. The molecule has 2 fully saturated rings. The summed E-state index contributed by atoms with van der Waals surface area (Å²) in [5, 5.41) is 0.00689. The van der Waals surface area contributed by atoms with Gasteiger partial charge in [0.05, 0.1) is 0 Å². The van der Waals surface area contributed by atoms with Crippen molar-refractivity contribution in [3.05, 3.63) is 0 Å². The van der Waals surface area contributed by atoms with Crippen molar-refractivity contribution >= 4 is 17.5 Å². The number of hydrogen-bond donors (Lipinski definition) is 0. The number of alkyl halides is 4. The van der Waals surface area contributed by atoms with E-state index in [9.17, 15) is 18.0 Å². The second-order valence-corrected chi connectivity index (χ2v) is 5.16. The van der Waals surface area contributed by atoms with Crippen molar-refractivity contribution in [2.45, 2.75) is 55.7 Å². The van der Waals surface area contributed by atoms with Gasteiger partial charge >= 0.3 is 6.18 Å². The highest BCUT2D eigenvalue weighted by Gasteiger charge is 2.45. The van der Waals surface area contributed by atoms with Crippen LogP contribution < -0.4 is 0 Å². The van der Waals surface area contributed by atoms with E-state index in [4.69, 9.17) is 11.6 Å². The topological polar surface area (TPSA) is 20.3 Å². The van der Waals surface area contributed by atoms with E-state index in [0.717, 1.165) is 12.8 Å². The van der Waals surface area contributed by atoms with E-state index in [0.29, 0.717) is 12.8 Å². The monoisotopic (exact) mass is 255 g/mol. The molecule has 1 amide bonds. The zero-order valence-corrected chi connectivity index (χ0v) is 9.39. The lowest BCUT2D eigenvalue weighted by Crippen LogP contribution is -2.48. The first-order valence-electron chi connectivity index (χ1n) is 5.39. The second-order valence-electron chi connectivity index (χ2n) is 4.55. The number of amides is 1. The maximum atomic E-state index is 12.1. The van der Waals surface area contributed by atoms with Gasteiger partial charge in [-0.3, -0.25) is 4.79 Å². The van der Waals surface area contributed by atoms with E-state index >= 15 is 0 Å². The third-order valence-electron chi connectivity index (χ3n) is 3.32. The van der Waals surface area contributed by atoms with Gasteiger partial charge in [-0.25, -0.2) is 0 Å². The van der Waals surface area contributed by atoms with E-state index in [1.54, 1.807) is 0 Å². The number of halogens is 4. The van der Waals surface area contributed by atoms with Gasteiger partial charge < -0.3 is 4.90 Å². The second kappa shape index (κ2) is 4.09. The predicted molar refractivity (Wildman–Crippen MR) is 53.2 cm³/mol. The van der Waals surface area contributed by atoms with Gasteiger partial charge in [-0.2, -0.15) is 13.2 Å². The van der Waals surface area contributed by atoms with E-state index in [-0.39, 0.29) is 17.5 Å². The molecule has 2 unspecified atom stereocenters. The number of hydrogen-bond acceptors (Lipinski definition) is 1. The highest BCUT2D eigenvalue weighted by molar-refractivity contribution is 6.20. The molecule has 2 nitrogen and oxygen atoms in total. The van der Waals surface area contributed by atoms with Gasteiger partial charge in [-0.05, 0) is 25.7 Å². The predicted octanol–water partition coefficient (Wildman–Crippen LogP) is 2.70. The Kier molecular flexibility index (Phi) is 3.07. The van der Waals surface area contributed by atoms with Crippen molar-refractivity contribution in [3.8, 4) is 0 Å². The molecule has 0 radical (unpaired) electrons. The molecule has 92 valence electrons. The van der Waals surface area contributed by atoms with Crippen LogP contribution in [0.4, 0.5) is 13.2 Å². The van der Waals surface area contributed by atoms with Crippen LogP contribution in [0.3, 0.4) is 0 Å². The molecular formula is C10H13ClF3NO. The Hall–Kier alpha value is -0.450. The molecule has 0 aromatic heterocycles. The maximum Gasteiger partial charge on any atom is 0.397 e. The number of piperidine rings is 1. The number of nitrogens with zero attached hydrogens (tertiary/aromatic N) is 1. The largest absolute Gasteiger partial charge is 0.397 e. The smallest absolute Gasteiger partial charge is 0.336 e. The van der Waals surface area contributed by atoms with E-state index in [1.165, 1.54) is 4.90 Å². The van der Waals surface area contributed by atoms with Crippen molar-refractivity contribution < 1.29 is 18.0 Å². The highest BCUT2D eigenvalue weighted by atomic mass is 35.5. The summed E-state index contributed by atoms with van der Waals surface area (Å²) in [4.78, 5) is 13.0. The SMILES string of the molecule is O=C(CC(F)(F)F)N1C2CCC1CC(Cl)C2. The maximum absolute atomic E-state index is 12.1. The van der Waals surface area contributed by atoms with Crippen LogP contribution >= 0.6 is 11.6 Å². The lowest BCUT2D eigenvalue weighted by molar-refractivity contribution is -0.164.